The number of carbonyl (C=O) groups is 2. The lowest BCUT2D eigenvalue weighted by atomic mass is 10.1. The number of aromatic nitrogens is 1. The maximum atomic E-state index is 13.1. The van der Waals surface area contributed by atoms with Gasteiger partial charge in [0.2, 0.25) is 11.7 Å². The van der Waals surface area contributed by atoms with Gasteiger partial charge in [0.15, 0.2) is 0 Å². The summed E-state index contributed by atoms with van der Waals surface area (Å²) in [5.41, 5.74) is 0.803. The smallest absolute Gasteiger partial charge is 0.293 e. The normalized spacial score (nSPS) is 17.7. The van der Waals surface area contributed by atoms with Crippen LogP contribution in [0.25, 0.3) is 0 Å². The number of carbonyl (C=O) groups excluding carboxylic acids is 2. The van der Waals surface area contributed by atoms with E-state index in [4.69, 9.17) is 4.52 Å². The molecule has 2 aromatic rings. The van der Waals surface area contributed by atoms with E-state index in [9.17, 15) is 14.0 Å². The first-order chi connectivity index (χ1) is 11.6. The molecular weight excluding hydrogens is 315 g/mol. The van der Waals surface area contributed by atoms with Crippen LogP contribution >= 0.6 is 0 Å². The Labute approximate surface area is 138 Å². The van der Waals surface area contributed by atoms with Crippen molar-refractivity contribution in [2.24, 2.45) is 0 Å². The number of hydrogen-bond donors (Lipinski definition) is 1. The number of piperazine rings is 1. The molecule has 0 radical (unpaired) electrons. The van der Waals surface area contributed by atoms with E-state index in [1.54, 1.807) is 12.1 Å². The minimum atomic E-state index is -0.675. The molecule has 0 saturated carbocycles. The Kier molecular flexibility index (Phi) is 4.45. The van der Waals surface area contributed by atoms with Crippen LogP contribution in [0.3, 0.4) is 0 Å². The molecule has 24 heavy (non-hydrogen) atoms. The highest BCUT2D eigenvalue weighted by Crippen LogP contribution is 2.21. The number of nitrogens with zero attached hydrogens (tertiary/aromatic N) is 3. The lowest BCUT2D eigenvalue weighted by molar-refractivity contribution is -0.125. The zero-order valence-electron chi connectivity index (χ0n) is 13.1. The average molecular weight is 332 g/mol. The minimum Gasteiger partial charge on any atom is -0.367 e. The average Bonchev–Trinajstić information content (AvgIpc) is 3.15. The van der Waals surface area contributed by atoms with Crippen LogP contribution in [-0.4, -0.2) is 54.6 Å². The predicted molar refractivity (Wildman–Crippen MR) is 84.0 cm³/mol. The van der Waals surface area contributed by atoms with Crippen molar-refractivity contribution in [3.05, 3.63) is 48.1 Å². The molecule has 1 unspecified atom stereocenters. The molecule has 2 heterocycles. The van der Waals surface area contributed by atoms with Crippen LogP contribution < -0.4 is 10.2 Å². The zero-order chi connectivity index (χ0) is 17.1. The van der Waals surface area contributed by atoms with Gasteiger partial charge in [0.05, 0.1) is 6.20 Å². The van der Waals surface area contributed by atoms with Crippen LogP contribution in [0.4, 0.5) is 10.1 Å². The van der Waals surface area contributed by atoms with E-state index in [1.165, 1.54) is 36.3 Å². The molecule has 0 aliphatic carbocycles. The second-order valence-electron chi connectivity index (χ2n) is 5.43. The lowest BCUT2D eigenvalue weighted by Gasteiger charge is -2.41. The Balaban J connectivity index is 1.82. The highest BCUT2D eigenvalue weighted by molar-refractivity contribution is 5.96. The van der Waals surface area contributed by atoms with Gasteiger partial charge in [-0.3, -0.25) is 9.59 Å². The van der Waals surface area contributed by atoms with Gasteiger partial charge in [-0.25, -0.2) is 4.39 Å². The molecule has 126 valence electrons. The van der Waals surface area contributed by atoms with E-state index >= 15 is 0 Å². The van der Waals surface area contributed by atoms with Crippen molar-refractivity contribution < 1.29 is 18.5 Å². The molecule has 1 aromatic carbocycles. The van der Waals surface area contributed by atoms with Crippen molar-refractivity contribution in [2.45, 2.75) is 6.04 Å². The molecule has 1 saturated heterocycles. The fraction of sp³-hybridized carbons (Fsp3) is 0.312. The van der Waals surface area contributed by atoms with Gasteiger partial charge in [-0.2, -0.15) is 0 Å². The number of benzene rings is 1. The number of amides is 2. The molecule has 0 spiro atoms. The third-order valence-corrected chi connectivity index (χ3v) is 4.03. The first kappa shape index (κ1) is 16.0. The largest absolute Gasteiger partial charge is 0.367 e. The topological polar surface area (TPSA) is 78.7 Å². The van der Waals surface area contributed by atoms with E-state index < -0.39 is 6.04 Å². The predicted octanol–water partition coefficient (Wildman–Crippen LogP) is 0.891. The van der Waals surface area contributed by atoms with E-state index in [1.807, 2.05) is 4.90 Å². The summed E-state index contributed by atoms with van der Waals surface area (Å²) in [6.07, 6.45) is 1.39. The second-order valence-corrected chi connectivity index (χ2v) is 5.43. The summed E-state index contributed by atoms with van der Waals surface area (Å²) in [6.45, 7) is 1.18. The first-order valence-electron chi connectivity index (χ1n) is 7.54. The summed E-state index contributed by atoms with van der Waals surface area (Å²) < 4.78 is 18.0. The van der Waals surface area contributed by atoms with Gasteiger partial charge in [-0.15, -0.1) is 0 Å². The molecule has 3 rings (SSSR count). The lowest BCUT2D eigenvalue weighted by Crippen LogP contribution is -2.60. The first-order valence-corrected chi connectivity index (χ1v) is 7.54. The molecule has 7 nitrogen and oxygen atoms in total. The molecule has 0 bridgehead atoms. The van der Waals surface area contributed by atoms with Gasteiger partial charge in [0.25, 0.3) is 5.91 Å². The fourth-order valence-corrected chi connectivity index (χ4v) is 2.77. The monoisotopic (exact) mass is 332 g/mol. The van der Waals surface area contributed by atoms with Gasteiger partial charge >= 0.3 is 0 Å². The van der Waals surface area contributed by atoms with E-state index in [2.05, 4.69) is 10.5 Å². The van der Waals surface area contributed by atoms with Crippen molar-refractivity contribution in [3.63, 3.8) is 0 Å². The van der Waals surface area contributed by atoms with Crippen molar-refractivity contribution in [2.75, 3.05) is 31.6 Å². The number of anilines is 1. The molecule has 1 aliphatic rings. The fourth-order valence-electron chi connectivity index (χ4n) is 2.77. The Morgan fingerprint density at radius 1 is 1.25 bits per heavy atom. The minimum absolute atomic E-state index is 0.0964. The molecule has 2 amide bonds. The van der Waals surface area contributed by atoms with Crippen molar-refractivity contribution in [1.29, 1.82) is 0 Å². The zero-order valence-corrected chi connectivity index (χ0v) is 13.1. The van der Waals surface area contributed by atoms with E-state index in [0.29, 0.717) is 19.6 Å². The molecule has 1 aliphatic heterocycles. The van der Waals surface area contributed by atoms with Crippen LogP contribution in [-0.2, 0) is 4.79 Å². The Morgan fingerprint density at radius 2 is 2.00 bits per heavy atom. The molecule has 8 heteroatoms. The van der Waals surface area contributed by atoms with Crippen LogP contribution in [0.5, 0.6) is 0 Å². The van der Waals surface area contributed by atoms with Gasteiger partial charge in [0.1, 0.15) is 11.9 Å². The molecule has 1 N–H and O–H groups in total. The van der Waals surface area contributed by atoms with Gasteiger partial charge in [0, 0.05) is 38.4 Å². The quantitative estimate of drug-likeness (QED) is 0.903. The van der Waals surface area contributed by atoms with Crippen LogP contribution in [0.1, 0.15) is 10.6 Å². The van der Waals surface area contributed by atoms with Crippen molar-refractivity contribution in [1.82, 2.24) is 15.4 Å². The number of likely N-dealkylation sites (N-methyl/N-ethyl adjacent to an activating group) is 1. The molecule has 1 fully saturated rings. The highest BCUT2D eigenvalue weighted by atomic mass is 19.1. The van der Waals surface area contributed by atoms with Crippen LogP contribution in [0.2, 0.25) is 0 Å². The summed E-state index contributed by atoms with van der Waals surface area (Å²) in [4.78, 5) is 28.2. The van der Waals surface area contributed by atoms with E-state index in [0.717, 1.165) is 5.69 Å². The van der Waals surface area contributed by atoms with E-state index in [-0.39, 0.29) is 23.4 Å². The summed E-state index contributed by atoms with van der Waals surface area (Å²) in [5.74, 6) is -0.866. The molecular formula is C16H17FN4O3. The van der Waals surface area contributed by atoms with Crippen LogP contribution in [0.15, 0.2) is 41.1 Å². The number of rotatable bonds is 3. The van der Waals surface area contributed by atoms with Gasteiger partial charge in [-0.1, -0.05) is 5.16 Å². The second kappa shape index (κ2) is 6.69. The Hall–Kier alpha value is -2.90. The summed E-state index contributed by atoms with van der Waals surface area (Å²) in [7, 11) is 1.52. The number of halogens is 1. The third-order valence-electron chi connectivity index (χ3n) is 4.03. The maximum Gasteiger partial charge on any atom is 0.293 e. The summed E-state index contributed by atoms with van der Waals surface area (Å²) in [5, 5.41) is 6.11. The molecule has 1 aromatic heterocycles. The van der Waals surface area contributed by atoms with Crippen LogP contribution in [0, 0.1) is 5.82 Å². The summed E-state index contributed by atoms with van der Waals surface area (Å²) in [6, 6.07) is 6.85. The maximum absolute atomic E-state index is 13.1. The Morgan fingerprint density at radius 3 is 2.62 bits per heavy atom. The molecule has 1 atom stereocenters. The number of hydrogen-bond acceptors (Lipinski definition) is 5. The highest BCUT2D eigenvalue weighted by Gasteiger charge is 2.36. The SMILES string of the molecule is CNC(=O)C1CN(c2ccc(F)cc2)CCN1C(=O)c1ccno1. The van der Waals surface area contributed by atoms with Crippen molar-refractivity contribution in [3.8, 4) is 0 Å². The van der Waals surface area contributed by atoms with Gasteiger partial charge in [-0.05, 0) is 24.3 Å². The standard InChI is InChI=1S/C16H17FN4O3/c1-18-15(22)13-10-20(12-4-2-11(17)3-5-12)8-9-21(13)16(23)14-6-7-19-24-14/h2-7,13H,8-10H2,1H3,(H,18,22). The Bertz CT molecular complexity index is 717. The number of nitrogens with one attached hydrogen (secondary N) is 1. The summed E-state index contributed by atoms with van der Waals surface area (Å²) >= 11 is 0. The third kappa shape index (κ3) is 3.08. The van der Waals surface area contributed by atoms with Gasteiger partial charge < -0.3 is 19.6 Å². The van der Waals surface area contributed by atoms with Crippen molar-refractivity contribution >= 4 is 17.5 Å².